The summed E-state index contributed by atoms with van der Waals surface area (Å²) < 4.78 is 48.6. The molecule has 0 aliphatic carbocycles. The van der Waals surface area contributed by atoms with E-state index in [1.165, 1.54) is 64.2 Å². The van der Waals surface area contributed by atoms with Crippen molar-refractivity contribution in [3.63, 3.8) is 0 Å². The molecule has 53 heavy (non-hydrogen) atoms. The van der Waals surface area contributed by atoms with Crippen molar-refractivity contribution in [2.45, 2.75) is 259 Å². The van der Waals surface area contributed by atoms with Crippen molar-refractivity contribution in [3.05, 3.63) is 0 Å². The smallest absolute Gasteiger partial charge is 0.220 e. The molecule has 2 atom stereocenters. The average Bonchev–Trinajstić information content (AvgIpc) is 3.16. The molecule has 7 heteroatoms. The highest BCUT2D eigenvalue weighted by molar-refractivity contribution is 4.82. The van der Waals surface area contributed by atoms with Gasteiger partial charge in [-0.25, -0.2) is 0 Å². The van der Waals surface area contributed by atoms with Crippen molar-refractivity contribution in [2.75, 3.05) is 39.6 Å². The quantitative estimate of drug-likeness (QED) is 0.0453. The van der Waals surface area contributed by atoms with Crippen LogP contribution in [0, 0.1) is 0 Å². The van der Waals surface area contributed by atoms with Crippen LogP contribution in [0.4, 0.5) is 0 Å². The number of rotatable bonds is 44. The fraction of sp³-hybridized carbons (Fsp3) is 1.00. The van der Waals surface area contributed by atoms with Gasteiger partial charge in [0.1, 0.15) is 0 Å². The van der Waals surface area contributed by atoms with E-state index in [0.29, 0.717) is 52.5 Å². The first-order chi connectivity index (χ1) is 26.0. The van der Waals surface area contributed by atoms with Crippen LogP contribution in [-0.2, 0) is 33.2 Å². The zero-order valence-corrected chi connectivity index (χ0v) is 37.1. The third-order valence-corrected chi connectivity index (χ3v) is 10.1. The average molecular weight is 759 g/mol. The van der Waals surface area contributed by atoms with Crippen LogP contribution in [0.3, 0.4) is 0 Å². The standard InChI is InChI=1S/C46H94O7/c1-9-17-25-27-29-31-33-37-47-43(45(35-19-11-3,49-39-21-13-5)50-40-22-14-6)53-44(48-38-34-32-30-28-26-18-10-2)46(36-20-12-4,51-41-23-15-7)52-42-24-16-8/h43-44H,9-42H2,1-8H3. The van der Waals surface area contributed by atoms with Crippen molar-refractivity contribution in [3.8, 4) is 0 Å². The van der Waals surface area contributed by atoms with E-state index in [1.807, 2.05) is 0 Å². The third kappa shape index (κ3) is 26.3. The summed E-state index contributed by atoms with van der Waals surface area (Å²) in [5.41, 5.74) is 0. The molecule has 0 rings (SSSR count). The maximum absolute atomic E-state index is 7.27. The largest absolute Gasteiger partial charge is 0.348 e. The number of hydrogen-bond donors (Lipinski definition) is 0. The van der Waals surface area contributed by atoms with Crippen LogP contribution in [0.25, 0.3) is 0 Å². The number of hydrogen-bond acceptors (Lipinski definition) is 7. The van der Waals surface area contributed by atoms with Crippen LogP contribution < -0.4 is 0 Å². The second-order valence-electron chi connectivity index (χ2n) is 15.4. The summed E-state index contributed by atoms with van der Waals surface area (Å²) in [6.45, 7) is 21.4. The second-order valence-corrected chi connectivity index (χ2v) is 15.4. The van der Waals surface area contributed by atoms with Crippen LogP contribution >= 0.6 is 0 Å². The topological polar surface area (TPSA) is 64.6 Å². The van der Waals surface area contributed by atoms with E-state index in [0.717, 1.165) is 103 Å². The summed E-state index contributed by atoms with van der Waals surface area (Å²) >= 11 is 0. The van der Waals surface area contributed by atoms with E-state index < -0.39 is 24.2 Å². The van der Waals surface area contributed by atoms with Gasteiger partial charge < -0.3 is 33.2 Å². The number of ether oxygens (including phenoxy) is 7. The summed E-state index contributed by atoms with van der Waals surface area (Å²) in [5.74, 6) is -2.10. The van der Waals surface area contributed by atoms with Gasteiger partial charge in [-0.15, -0.1) is 0 Å². The summed E-state index contributed by atoms with van der Waals surface area (Å²) in [7, 11) is 0. The molecular formula is C46H94O7. The lowest BCUT2D eigenvalue weighted by atomic mass is 10.1. The number of unbranched alkanes of at least 4 members (excludes halogenated alkanes) is 18. The first-order valence-electron chi connectivity index (χ1n) is 23.4. The molecule has 0 spiro atoms. The van der Waals surface area contributed by atoms with Crippen molar-refractivity contribution >= 4 is 0 Å². The summed E-state index contributed by atoms with van der Waals surface area (Å²) in [5, 5.41) is 0. The minimum Gasteiger partial charge on any atom is -0.348 e. The summed E-state index contributed by atoms with van der Waals surface area (Å²) in [6, 6.07) is 0. The van der Waals surface area contributed by atoms with Crippen molar-refractivity contribution in [2.24, 2.45) is 0 Å². The Labute approximate surface area is 331 Å². The Morgan fingerprint density at radius 3 is 0.830 bits per heavy atom. The molecule has 0 bridgehead atoms. The Balaban J connectivity index is 6.85. The van der Waals surface area contributed by atoms with Crippen LogP contribution in [-0.4, -0.2) is 63.8 Å². The van der Waals surface area contributed by atoms with Gasteiger partial charge >= 0.3 is 0 Å². The lowest BCUT2D eigenvalue weighted by Gasteiger charge is -2.45. The molecule has 7 nitrogen and oxygen atoms in total. The molecule has 0 N–H and O–H groups in total. The minimum atomic E-state index is -1.05. The Morgan fingerprint density at radius 1 is 0.283 bits per heavy atom. The molecule has 0 aromatic heterocycles. The van der Waals surface area contributed by atoms with Gasteiger partial charge in [-0.1, -0.05) is 171 Å². The predicted octanol–water partition coefficient (Wildman–Crippen LogP) is 14.2. The molecule has 0 aliphatic rings. The molecule has 0 aromatic rings. The van der Waals surface area contributed by atoms with Gasteiger partial charge in [0, 0.05) is 26.1 Å². The maximum Gasteiger partial charge on any atom is 0.220 e. The van der Waals surface area contributed by atoms with Gasteiger partial charge in [0.25, 0.3) is 0 Å². The maximum atomic E-state index is 7.27. The molecule has 0 aliphatic heterocycles. The Bertz CT molecular complexity index is 642. The molecular weight excluding hydrogens is 664 g/mol. The molecule has 2 unspecified atom stereocenters. The molecule has 0 aromatic carbocycles. The van der Waals surface area contributed by atoms with E-state index in [4.69, 9.17) is 33.2 Å². The van der Waals surface area contributed by atoms with Gasteiger partial charge in [-0.3, -0.25) is 0 Å². The Kier molecular flexibility index (Phi) is 38.4. The van der Waals surface area contributed by atoms with Gasteiger partial charge in [0.15, 0.2) is 0 Å². The van der Waals surface area contributed by atoms with Gasteiger partial charge in [-0.05, 0) is 51.4 Å². The Morgan fingerprint density at radius 2 is 0.547 bits per heavy atom. The molecule has 0 saturated heterocycles. The van der Waals surface area contributed by atoms with Gasteiger partial charge in [-0.2, -0.15) is 0 Å². The van der Waals surface area contributed by atoms with Crippen LogP contribution in [0.2, 0.25) is 0 Å². The minimum absolute atomic E-state index is 0.584. The molecule has 0 fully saturated rings. The second kappa shape index (κ2) is 38.6. The summed E-state index contributed by atoms with van der Waals surface area (Å²) in [6.07, 6.45) is 28.8. The highest BCUT2D eigenvalue weighted by atomic mass is 16.8. The van der Waals surface area contributed by atoms with Gasteiger partial charge in [0.05, 0.1) is 26.4 Å². The predicted molar refractivity (Wildman–Crippen MR) is 225 cm³/mol. The molecule has 0 heterocycles. The van der Waals surface area contributed by atoms with E-state index >= 15 is 0 Å². The first kappa shape index (κ1) is 52.7. The zero-order valence-electron chi connectivity index (χ0n) is 37.1. The van der Waals surface area contributed by atoms with E-state index in [1.54, 1.807) is 0 Å². The lowest BCUT2D eigenvalue weighted by Crippen LogP contribution is -2.58. The normalized spacial score (nSPS) is 13.6. The molecule has 0 amide bonds. The van der Waals surface area contributed by atoms with Crippen molar-refractivity contribution in [1.29, 1.82) is 0 Å². The fourth-order valence-electron chi connectivity index (χ4n) is 6.43. The van der Waals surface area contributed by atoms with E-state index in [9.17, 15) is 0 Å². The molecule has 320 valence electrons. The van der Waals surface area contributed by atoms with Crippen molar-refractivity contribution in [1.82, 2.24) is 0 Å². The monoisotopic (exact) mass is 759 g/mol. The van der Waals surface area contributed by atoms with Gasteiger partial charge in [0.2, 0.25) is 24.2 Å². The zero-order chi connectivity index (χ0) is 39.1. The fourth-order valence-corrected chi connectivity index (χ4v) is 6.43. The molecule has 0 radical (unpaired) electrons. The third-order valence-electron chi connectivity index (χ3n) is 10.1. The van der Waals surface area contributed by atoms with E-state index in [-0.39, 0.29) is 0 Å². The highest BCUT2D eigenvalue weighted by Gasteiger charge is 2.50. The first-order valence-corrected chi connectivity index (χ1v) is 23.4. The highest BCUT2D eigenvalue weighted by Crippen LogP contribution is 2.36. The lowest BCUT2D eigenvalue weighted by molar-refractivity contribution is -0.426. The SMILES string of the molecule is CCCCCCCCCOC(OC(OCCCCCCCCC)C(CCCC)(OCCCC)OCCCC)C(CCCC)(OCCCC)OCCCC. The molecule has 0 saturated carbocycles. The van der Waals surface area contributed by atoms with E-state index in [2.05, 4.69) is 55.4 Å². The Hall–Kier alpha value is -0.280. The summed E-state index contributed by atoms with van der Waals surface area (Å²) in [4.78, 5) is 0. The van der Waals surface area contributed by atoms with Crippen LogP contribution in [0.1, 0.15) is 235 Å². The van der Waals surface area contributed by atoms with Crippen LogP contribution in [0.15, 0.2) is 0 Å². The van der Waals surface area contributed by atoms with Crippen molar-refractivity contribution < 1.29 is 33.2 Å². The van der Waals surface area contributed by atoms with Crippen LogP contribution in [0.5, 0.6) is 0 Å².